The molecule has 3 aliphatic rings. The lowest BCUT2D eigenvalue weighted by Gasteiger charge is -2.50. The van der Waals surface area contributed by atoms with E-state index in [0.29, 0.717) is 24.7 Å². The molecule has 1 aromatic rings. The van der Waals surface area contributed by atoms with Crippen LogP contribution in [0.15, 0.2) is 18.2 Å². The number of methoxy groups -OCH3 is 1. The van der Waals surface area contributed by atoms with Gasteiger partial charge < -0.3 is 9.84 Å². The van der Waals surface area contributed by atoms with Crippen LogP contribution in [0.3, 0.4) is 0 Å². The number of ether oxygens (including phenoxy) is 1. The van der Waals surface area contributed by atoms with Crippen LogP contribution in [0.5, 0.6) is 5.75 Å². The van der Waals surface area contributed by atoms with Crippen molar-refractivity contribution in [2.45, 2.75) is 57.4 Å². The number of hydrogen-bond donors (Lipinski definition) is 1. The fourth-order valence-corrected chi connectivity index (χ4v) is 5.08. The van der Waals surface area contributed by atoms with Crippen molar-refractivity contribution >= 4 is 0 Å². The summed E-state index contributed by atoms with van der Waals surface area (Å²) < 4.78 is 30.2. The lowest BCUT2D eigenvalue weighted by Crippen LogP contribution is -2.43. The Hall–Kier alpha value is -1.02. The average Bonchev–Trinajstić information content (AvgIpc) is 2.70. The van der Waals surface area contributed by atoms with Crippen molar-refractivity contribution in [2.75, 3.05) is 7.11 Å². The van der Waals surface area contributed by atoms with Crippen LogP contribution in [-0.4, -0.2) is 18.3 Å². The predicted octanol–water partition coefficient (Wildman–Crippen LogP) is 3.91. The van der Waals surface area contributed by atoms with Gasteiger partial charge in [-0.1, -0.05) is 13.0 Å². The van der Waals surface area contributed by atoms with Crippen LogP contribution in [0.25, 0.3) is 0 Å². The van der Waals surface area contributed by atoms with Gasteiger partial charge in [0, 0.05) is 2.74 Å². The van der Waals surface area contributed by atoms with Crippen molar-refractivity contribution in [1.29, 1.82) is 0 Å². The molecular weight excluding hydrogens is 260 g/mol. The predicted molar refractivity (Wildman–Crippen MR) is 83.6 cm³/mol. The first-order valence-electron chi connectivity index (χ1n) is 9.60. The number of aryl methyl sites for hydroxylation is 1. The maximum absolute atomic E-state index is 10.7. The van der Waals surface area contributed by atoms with Crippen molar-refractivity contribution in [3.8, 4) is 5.75 Å². The zero-order chi connectivity index (χ0) is 17.3. The normalized spacial score (nSPS) is 49.1. The summed E-state index contributed by atoms with van der Waals surface area (Å²) in [5.41, 5.74) is 2.07. The summed E-state index contributed by atoms with van der Waals surface area (Å²) in [5.74, 6) is 1.75. The zero-order valence-corrected chi connectivity index (χ0v) is 12.9. The van der Waals surface area contributed by atoms with E-state index < -0.39 is 17.9 Å². The Bertz CT molecular complexity index is 673. The summed E-state index contributed by atoms with van der Waals surface area (Å²) in [7, 11) is 1.69. The topological polar surface area (TPSA) is 29.5 Å². The molecule has 0 bridgehead atoms. The lowest BCUT2D eigenvalue weighted by atomic mass is 9.55. The second-order valence-corrected chi connectivity index (χ2v) is 7.17. The van der Waals surface area contributed by atoms with Gasteiger partial charge in [0.05, 0.1) is 14.6 Å². The summed E-state index contributed by atoms with van der Waals surface area (Å²) in [6, 6.07) is 6.32. The first kappa shape index (κ1) is 10.7. The summed E-state index contributed by atoms with van der Waals surface area (Å²) >= 11 is 0. The summed E-state index contributed by atoms with van der Waals surface area (Å²) in [6.07, 6.45) is 0.0997. The molecule has 2 nitrogen and oxygen atoms in total. The molecule has 0 amide bonds. The number of hydrogen-bond acceptors (Lipinski definition) is 2. The molecule has 1 N–H and O–H groups in total. The maximum Gasteiger partial charge on any atom is 0.119 e. The number of benzene rings is 1. The highest BCUT2D eigenvalue weighted by molar-refractivity contribution is 5.40. The molecule has 114 valence electrons. The third kappa shape index (κ3) is 1.88. The van der Waals surface area contributed by atoms with Crippen molar-refractivity contribution < 1.29 is 14.0 Å². The van der Waals surface area contributed by atoms with E-state index >= 15 is 0 Å². The highest BCUT2D eigenvalue weighted by atomic mass is 16.5. The third-order valence-corrected chi connectivity index (χ3v) is 6.35. The van der Waals surface area contributed by atoms with E-state index in [1.165, 1.54) is 11.1 Å². The third-order valence-electron chi connectivity index (χ3n) is 6.35. The molecule has 21 heavy (non-hydrogen) atoms. The Labute approximate surface area is 131 Å². The molecule has 0 saturated heterocycles. The monoisotopic (exact) mass is 289 g/mol. The van der Waals surface area contributed by atoms with Gasteiger partial charge in [0.2, 0.25) is 0 Å². The fourth-order valence-electron chi connectivity index (χ4n) is 5.08. The zero-order valence-electron chi connectivity index (χ0n) is 15.9. The van der Waals surface area contributed by atoms with Crippen LogP contribution in [0, 0.1) is 17.3 Å². The Morgan fingerprint density at radius 2 is 2.24 bits per heavy atom. The van der Waals surface area contributed by atoms with Crippen molar-refractivity contribution in [3.05, 3.63) is 29.3 Å². The molecule has 3 aliphatic carbocycles. The van der Waals surface area contributed by atoms with Crippen LogP contribution < -0.4 is 4.74 Å². The second-order valence-electron chi connectivity index (χ2n) is 7.17. The molecule has 0 radical (unpaired) electrons. The Kier molecular flexibility index (Phi) is 2.41. The van der Waals surface area contributed by atoms with E-state index in [1.807, 2.05) is 13.0 Å². The average molecular weight is 289 g/mol. The van der Waals surface area contributed by atoms with E-state index in [2.05, 4.69) is 12.1 Å². The highest BCUT2D eigenvalue weighted by Gasteiger charge is 2.54. The Morgan fingerprint density at radius 3 is 3.05 bits per heavy atom. The van der Waals surface area contributed by atoms with Gasteiger partial charge >= 0.3 is 0 Å². The number of aliphatic hydroxyl groups is 1. The van der Waals surface area contributed by atoms with Crippen molar-refractivity contribution in [2.24, 2.45) is 17.3 Å². The van der Waals surface area contributed by atoms with Crippen LogP contribution in [0.2, 0.25) is 0 Å². The largest absolute Gasteiger partial charge is 0.497 e. The van der Waals surface area contributed by atoms with Crippen LogP contribution in [-0.2, 0) is 6.42 Å². The molecule has 2 heteroatoms. The summed E-state index contributed by atoms with van der Waals surface area (Å²) in [5, 5.41) is 10.7. The second kappa shape index (κ2) is 4.74. The smallest absolute Gasteiger partial charge is 0.119 e. The van der Waals surface area contributed by atoms with Gasteiger partial charge in [-0.2, -0.15) is 0 Å². The van der Waals surface area contributed by atoms with Gasteiger partial charge in [0.15, 0.2) is 0 Å². The van der Waals surface area contributed by atoms with E-state index in [9.17, 15) is 5.11 Å². The van der Waals surface area contributed by atoms with Gasteiger partial charge in [-0.15, -0.1) is 0 Å². The molecule has 2 fully saturated rings. The highest BCUT2D eigenvalue weighted by Crippen LogP contribution is 2.60. The van der Waals surface area contributed by atoms with E-state index in [0.717, 1.165) is 25.0 Å². The molecule has 4 rings (SSSR count). The first-order valence-corrected chi connectivity index (χ1v) is 8.10. The van der Waals surface area contributed by atoms with Crippen LogP contribution >= 0.6 is 0 Å². The van der Waals surface area contributed by atoms with Gasteiger partial charge in [0.1, 0.15) is 5.75 Å². The molecule has 0 heterocycles. The van der Waals surface area contributed by atoms with Crippen molar-refractivity contribution in [3.63, 3.8) is 0 Å². The van der Waals surface area contributed by atoms with Crippen LogP contribution in [0.1, 0.15) is 60.1 Å². The van der Waals surface area contributed by atoms with Crippen LogP contribution in [0.4, 0.5) is 0 Å². The number of rotatable bonds is 1. The molecular formula is C19H26O2. The first-order chi connectivity index (χ1) is 11.2. The molecule has 0 unspecified atom stereocenters. The maximum atomic E-state index is 10.7. The van der Waals surface area contributed by atoms with Crippen molar-refractivity contribution in [1.82, 2.24) is 0 Å². The molecule has 5 atom stereocenters. The molecule has 1 aromatic carbocycles. The Balaban J connectivity index is 1.72. The lowest BCUT2D eigenvalue weighted by molar-refractivity contribution is -0.0226. The summed E-state index contributed by atoms with van der Waals surface area (Å²) in [4.78, 5) is 0. The molecule has 0 aromatic heterocycles. The van der Waals surface area contributed by atoms with Gasteiger partial charge in [-0.3, -0.25) is 0 Å². The van der Waals surface area contributed by atoms with Gasteiger partial charge in [0.25, 0.3) is 0 Å². The van der Waals surface area contributed by atoms with Gasteiger partial charge in [-0.25, -0.2) is 0 Å². The Morgan fingerprint density at radius 1 is 1.38 bits per heavy atom. The minimum atomic E-state index is -1.99. The molecule has 0 spiro atoms. The standard InChI is InChI=1S/C19H26O2/c1-19-10-9-15-14-6-4-13(21-2)11-12(14)3-5-16(15)17(19)7-8-18(19)20/h4,6,11,15-18,20H,3,5,7-10H2,1-2H3/t15-,16+,17+,18+,19-/m0/s1/i8D2,18D. The van der Waals surface area contributed by atoms with E-state index in [1.54, 1.807) is 7.11 Å². The van der Waals surface area contributed by atoms with Gasteiger partial charge in [-0.05, 0) is 84.9 Å². The number of fused-ring (bicyclic) bond motifs is 5. The molecule has 2 saturated carbocycles. The SMILES string of the molecule is [2H]C1([2H])C[C@@H]2[C@@H]3CCc4cc(OC)ccc4[C@@H]3CC[C@]2(C)[C@]1([2H])O. The van der Waals surface area contributed by atoms with E-state index in [-0.39, 0.29) is 5.92 Å². The molecule has 0 aliphatic heterocycles. The fraction of sp³-hybridized carbons (Fsp3) is 0.684. The quantitative estimate of drug-likeness (QED) is 0.849. The minimum absolute atomic E-state index is 0.0731. The minimum Gasteiger partial charge on any atom is -0.497 e. The summed E-state index contributed by atoms with van der Waals surface area (Å²) in [6.45, 7) is 1.94. The van der Waals surface area contributed by atoms with E-state index in [4.69, 9.17) is 8.85 Å².